The van der Waals surface area contributed by atoms with Gasteiger partial charge in [-0.3, -0.25) is 9.48 Å². The predicted molar refractivity (Wildman–Crippen MR) is 125 cm³/mol. The lowest BCUT2D eigenvalue weighted by atomic mass is 10.2. The first-order chi connectivity index (χ1) is 16.3. The number of aromatic nitrogens is 4. The largest absolute Gasteiger partial charge is 0.435 e. The Morgan fingerprint density at radius 2 is 1.82 bits per heavy atom. The van der Waals surface area contributed by atoms with Gasteiger partial charge in [-0.25, -0.2) is 4.68 Å². The summed E-state index contributed by atoms with van der Waals surface area (Å²) in [7, 11) is 0. The molecular weight excluding hydrogens is 487 g/mol. The molecule has 0 fully saturated rings. The molecule has 1 amide bonds. The Balaban J connectivity index is 1.40. The quantitative estimate of drug-likeness (QED) is 0.309. The van der Waals surface area contributed by atoms with Crippen LogP contribution in [0.3, 0.4) is 0 Å². The number of hydrogen-bond donors (Lipinski definition) is 1. The molecule has 0 unspecified atom stereocenters. The van der Waals surface area contributed by atoms with Crippen molar-refractivity contribution >= 4 is 44.7 Å². The minimum atomic E-state index is -4.65. The van der Waals surface area contributed by atoms with Crippen molar-refractivity contribution in [3.05, 3.63) is 94.2 Å². The van der Waals surface area contributed by atoms with Crippen molar-refractivity contribution in [3.8, 4) is 5.69 Å². The van der Waals surface area contributed by atoms with Crippen LogP contribution in [0.15, 0.2) is 73.1 Å². The molecule has 0 spiro atoms. The zero-order valence-corrected chi connectivity index (χ0v) is 18.8. The zero-order chi connectivity index (χ0) is 23.9. The molecule has 2 aromatic carbocycles. The van der Waals surface area contributed by atoms with Crippen molar-refractivity contribution in [3.63, 3.8) is 0 Å². The fraction of sp³-hybridized carbons (Fsp3) is 0.0870. The van der Waals surface area contributed by atoms with Crippen LogP contribution in [0, 0.1) is 0 Å². The highest BCUT2D eigenvalue weighted by molar-refractivity contribution is 7.20. The van der Waals surface area contributed by atoms with Crippen LogP contribution in [-0.4, -0.2) is 25.5 Å². The van der Waals surface area contributed by atoms with Gasteiger partial charge in [-0.15, -0.1) is 11.3 Å². The van der Waals surface area contributed by atoms with Crippen LogP contribution < -0.4 is 5.32 Å². The van der Waals surface area contributed by atoms with E-state index in [4.69, 9.17) is 11.6 Å². The fourth-order valence-electron chi connectivity index (χ4n) is 3.47. The number of anilines is 1. The summed E-state index contributed by atoms with van der Waals surface area (Å²) in [5.41, 5.74) is 0.915. The summed E-state index contributed by atoms with van der Waals surface area (Å²) in [5.74, 6) is -0.499. The van der Waals surface area contributed by atoms with Crippen LogP contribution in [0.5, 0.6) is 0 Å². The summed E-state index contributed by atoms with van der Waals surface area (Å²) < 4.78 is 43.7. The Morgan fingerprint density at radius 1 is 1.09 bits per heavy atom. The third kappa shape index (κ3) is 4.42. The first-order valence-corrected chi connectivity index (χ1v) is 11.2. The predicted octanol–water partition coefficient (Wildman–Crippen LogP) is 6.26. The molecule has 11 heteroatoms. The number of benzene rings is 2. The molecule has 0 aliphatic heterocycles. The summed E-state index contributed by atoms with van der Waals surface area (Å²) in [6.45, 7) is 0.507. The number of alkyl halides is 3. The maximum Gasteiger partial charge on any atom is 0.435 e. The molecule has 5 rings (SSSR count). The van der Waals surface area contributed by atoms with Crippen molar-refractivity contribution in [1.82, 2.24) is 19.6 Å². The van der Waals surface area contributed by atoms with Gasteiger partial charge in [0.15, 0.2) is 5.69 Å². The zero-order valence-electron chi connectivity index (χ0n) is 17.3. The van der Waals surface area contributed by atoms with Crippen LogP contribution in [-0.2, 0) is 12.7 Å². The number of carbonyl (C=O) groups excluding carboxylic acids is 1. The SMILES string of the molecule is O=C(Nc1ccc(Cn2cc(Cl)cn2)cc1)c1cc2c(C(F)(F)F)nn(-c3ccccc3)c2s1. The van der Waals surface area contributed by atoms with Gasteiger partial charge in [-0.2, -0.15) is 23.4 Å². The highest BCUT2D eigenvalue weighted by atomic mass is 35.5. The lowest BCUT2D eigenvalue weighted by Crippen LogP contribution is -2.11. The van der Waals surface area contributed by atoms with Gasteiger partial charge in [-0.1, -0.05) is 41.9 Å². The second-order valence-corrected chi connectivity index (χ2v) is 8.90. The van der Waals surface area contributed by atoms with E-state index >= 15 is 0 Å². The molecule has 3 aromatic heterocycles. The number of thiophene rings is 1. The molecule has 0 radical (unpaired) electrons. The molecule has 1 N–H and O–H groups in total. The first kappa shape index (κ1) is 22.2. The molecule has 172 valence electrons. The van der Waals surface area contributed by atoms with E-state index in [1.807, 2.05) is 12.1 Å². The Morgan fingerprint density at radius 3 is 2.47 bits per heavy atom. The van der Waals surface area contributed by atoms with Crippen LogP contribution in [0.4, 0.5) is 18.9 Å². The Kier molecular flexibility index (Phi) is 5.62. The minimum Gasteiger partial charge on any atom is -0.321 e. The number of amides is 1. The van der Waals surface area contributed by atoms with Gasteiger partial charge in [0, 0.05) is 17.3 Å². The molecule has 0 aliphatic carbocycles. The third-order valence-corrected chi connectivity index (χ3v) is 6.32. The summed E-state index contributed by atoms with van der Waals surface area (Å²) in [6.07, 6.45) is -1.41. The number of halogens is 4. The van der Waals surface area contributed by atoms with Crippen LogP contribution >= 0.6 is 22.9 Å². The number of fused-ring (bicyclic) bond motifs is 1. The van der Waals surface area contributed by atoms with Crippen molar-refractivity contribution in [1.29, 1.82) is 0 Å². The van der Waals surface area contributed by atoms with Crippen molar-refractivity contribution in [2.75, 3.05) is 5.32 Å². The molecule has 3 heterocycles. The highest BCUT2D eigenvalue weighted by Gasteiger charge is 2.38. The molecular formula is C23H15ClF3N5OS. The van der Waals surface area contributed by atoms with Crippen molar-refractivity contribution < 1.29 is 18.0 Å². The standard InChI is InChI=1S/C23H15ClF3N5OS/c24-15-11-28-31(13-15)12-14-6-8-16(9-7-14)29-21(33)19-10-18-20(23(25,26)27)30-32(22(18)34-19)17-4-2-1-3-5-17/h1-11,13H,12H2,(H,29,33). The average molecular weight is 502 g/mol. The normalized spacial score (nSPS) is 11.8. The van der Waals surface area contributed by atoms with Gasteiger partial charge in [0.25, 0.3) is 5.91 Å². The van der Waals surface area contributed by atoms with E-state index in [0.29, 0.717) is 22.9 Å². The van der Waals surface area contributed by atoms with Crippen LogP contribution in [0.25, 0.3) is 15.9 Å². The topological polar surface area (TPSA) is 64.7 Å². The molecule has 0 aliphatic rings. The molecule has 0 bridgehead atoms. The van der Waals surface area contributed by atoms with Gasteiger partial charge >= 0.3 is 6.18 Å². The smallest absolute Gasteiger partial charge is 0.321 e. The van der Waals surface area contributed by atoms with Gasteiger partial charge in [0.05, 0.1) is 28.3 Å². The summed E-state index contributed by atoms with van der Waals surface area (Å²) in [4.78, 5) is 13.2. The molecule has 6 nitrogen and oxygen atoms in total. The number of carbonyl (C=O) groups is 1. The van der Waals surface area contributed by atoms with Crippen LogP contribution in [0.2, 0.25) is 5.02 Å². The van der Waals surface area contributed by atoms with Gasteiger partial charge in [0.1, 0.15) is 4.83 Å². The molecule has 0 saturated carbocycles. The van der Waals surface area contributed by atoms with Gasteiger partial charge in [-0.05, 0) is 35.9 Å². The van der Waals surface area contributed by atoms with E-state index in [1.54, 1.807) is 59.5 Å². The first-order valence-electron chi connectivity index (χ1n) is 10.0. The second kappa shape index (κ2) is 8.62. The van der Waals surface area contributed by atoms with E-state index in [1.165, 1.54) is 10.7 Å². The molecule has 0 atom stereocenters. The molecule has 34 heavy (non-hydrogen) atoms. The lowest BCUT2D eigenvalue weighted by Gasteiger charge is -2.06. The summed E-state index contributed by atoms with van der Waals surface area (Å²) in [6, 6.07) is 16.8. The number of nitrogens with zero attached hydrogens (tertiary/aromatic N) is 4. The second-order valence-electron chi connectivity index (χ2n) is 7.43. The summed E-state index contributed by atoms with van der Waals surface area (Å²) >= 11 is 6.82. The highest BCUT2D eigenvalue weighted by Crippen LogP contribution is 2.39. The fourth-order valence-corrected chi connectivity index (χ4v) is 4.65. The minimum absolute atomic E-state index is 0.111. The van der Waals surface area contributed by atoms with Crippen molar-refractivity contribution in [2.45, 2.75) is 12.7 Å². The Bertz CT molecular complexity index is 1470. The number of hydrogen-bond acceptors (Lipinski definition) is 4. The van der Waals surface area contributed by atoms with Gasteiger partial charge in [0.2, 0.25) is 0 Å². The van der Waals surface area contributed by atoms with Gasteiger partial charge < -0.3 is 5.32 Å². The van der Waals surface area contributed by atoms with Crippen LogP contribution in [0.1, 0.15) is 20.9 Å². The number of para-hydroxylation sites is 1. The van der Waals surface area contributed by atoms with E-state index in [2.05, 4.69) is 15.5 Å². The number of nitrogens with one attached hydrogen (secondary N) is 1. The monoisotopic (exact) mass is 501 g/mol. The maximum atomic E-state index is 13.6. The third-order valence-electron chi connectivity index (χ3n) is 5.01. The molecule has 5 aromatic rings. The van der Waals surface area contributed by atoms with E-state index < -0.39 is 17.8 Å². The molecule has 0 saturated heterocycles. The lowest BCUT2D eigenvalue weighted by molar-refractivity contribution is -0.140. The van der Waals surface area contributed by atoms with E-state index in [9.17, 15) is 18.0 Å². The van der Waals surface area contributed by atoms with E-state index in [-0.39, 0.29) is 15.1 Å². The maximum absolute atomic E-state index is 13.6. The van der Waals surface area contributed by atoms with E-state index in [0.717, 1.165) is 16.9 Å². The Hall–Kier alpha value is -3.63. The summed E-state index contributed by atoms with van der Waals surface area (Å²) in [5, 5.41) is 11.1. The van der Waals surface area contributed by atoms with Crippen molar-refractivity contribution in [2.24, 2.45) is 0 Å². The average Bonchev–Trinajstić information content (AvgIpc) is 3.50. The number of rotatable bonds is 5. The Labute approximate surface area is 200 Å².